The van der Waals surface area contributed by atoms with Gasteiger partial charge in [0.05, 0.1) is 16.3 Å². The predicted molar refractivity (Wildman–Crippen MR) is 127 cm³/mol. The lowest BCUT2D eigenvalue weighted by Gasteiger charge is -2.33. The van der Waals surface area contributed by atoms with Crippen molar-refractivity contribution in [1.29, 1.82) is 0 Å². The molecule has 2 aromatic rings. The Hall–Kier alpha value is -2.79. The van der Waals surface area contributed by atoms with Crippen LogP contribution in [0, 0.1) is 11.7 Å². The molecule has 11 heteroatoms. The van der Waals surface area contributed by atoms with Gasteiger partial charge in [-0.15, -0.1) is 0 Å². The highest BCUT2D eigenvalue weighted by Gasteiger charge is 2.26. The predicted octanol–water partition coefficient (Wildman–Crippen LogP) is 3.50. The van der Waals surface area contributed by atoms with E-state index in [4.69, 9.17) is 4.74 Å². The van der Waals surface area contributed by atoms with Crippen LogP contribution in [0.2, 0.25) is 0 Å². The summed E-state index contributed by atoms with van der Waals surface area (Å²) in [5.41, 5.74) is 0.366. The van der Waals surface area contributed by atoms with E-state index in [0.29, 0.717) is 31.4 Å². The molecule has 1 aromatic carbocycles. The van der Waals surface area contributed by atoms with Crippen molar-refractivity contribution in [2.45, 2.75) is 50.7 Å². The van der Waals surface area contributed by atoms with E-state index in [1.807, 2.05) is 20.8 Å². The number of rotatable bonds is 7. The van der Waals surface area contributed by atoms with Gasteiger partial charge in [0.15, 0.2) is 9.84 Å². The monoisotopic (exact) mass is 493 g/mol. The molecule has 1 aromatic heterocycles. The van der Waals surface area contributed by atoms with Crippen LogP contribution in [0.3, 0.4) is 0 Å². The van der Waals surface area contributed by atoms with Crippen LogP contribution in [0.15, 0.2) is 35.5 Å². The number of piperidine rings is 1. The molecular weight excluding hydrogens is 461 g/mol. The molecule has 34 heavy (non-hydrogen) atoms. The summed E-state index contributed by atoms with van der Waals surface area (Å²) in [5, 5.41) is 6.25. The maximum atomic E-state index is 14.3. The van der Waals surface area contributed by atoms with Crippen LogP contribution in [-0.2, 0) is 21.1 Å². The van der Waals surface area contributed by atoms with Gasteiger partial charge in [0, 0.05) is 32.0 Å². The molecule has 0 bridgehead atoms. The fourth-order valence-electron chi connectivity index (χ4n) is 3.58. The molecule has 0 radical (unpaired) electrons. The number of amides is 1. The summed E-state index contributed by atoms with van der Waals surface area (Å²) >= 11 is 0. The Kier molecular flexibility index (Phi) is 8.09. The Morgan fingerprint density at radius 3 is 2.53 bits per heavy atom. The summed E-state index contributed by atoms with van der Waals surface area (Å²) < 4.78 is 42.9. The molecule has 0 spiro atoms. The van der Waals surface area contributed by atoms with E-state index in [-0.39, 0.29) is 16.7 Å². The number of aromatic nitrogens is 2. The highest BCUT2D eigenvalue weighted by Crippen LogP contribution is 2.22. The smallest absolute Gasteiger partial charge is 0.410 e. The third-order valence-electron chi connectivity index (χ3n) is 5.36. The molecule has 2 N–H and O–H groups in total. The third kappa shape index (κ3) is 7.63. The number of carbonyl (C=O) groups is 1. The quantitative estimate of drug-likeness (QED) is 0.603. The maximum absolute atomic E-state index is 14.3. The lowest BCUT2D eigenvalue weighted by Crippen LogP contribution is -2.43. The van der Waals surface area contributed by atoms with Crippen LogP contribution in [0.5, 0.6) is 0 Å². The van der Waals surface area contributed by atoms with Crippen LogP contribution < -0.4 is 10.6 Å². The molecule has 0 aliphatic carbocycles. The van der Waals surface area contributed by atoms with Crippen LogP contribution in [-0.4, -0.2) is 60.9 Å². The summed E-state index contributed by atoms with van der Waals surface area (Å²) in [5.74, 6) is 0.169. The normalized spacial score (nSPS) is 15.3. The average molecular weight is 494 g/mol. The van der Waals surface area contributed by atoms with Gasteiger partial charge >= 0.3 is 6.09 Å². The molecule has 0 unspecified atom stereocenters. The maximum Gasteiger partial charge on any atom is 0.410 e. The fourth-order valence-corrected chi connectivity index (χ4v) is 4.21. The molecule has 9 nitrogen and oxygen atoms in total. The first-order valence-electron chi connectivity index (χ1n) is 11.2. The van der Waals surface area contributed by atoms with Gasteiger partial charge in [-0.2, -0.15) is 0 Å². The van der Waals surface area contributed by atoms with E-state index in [9.17, 15) is 17.6 Å². The number of carbonyl (C=O) groups excluding carboxylic acids is 1. The number of nitrogens with zero attached hydrogens (tertiary/aromatic N) is 3. The van der Waals surface area contributed by atoms with Crippen LogP contribution in [0.4, 0.5) is 20.7 Å². The van der Waals surface area contributed by atoms with Crippen molar-refractivity contribution < 1.29 is 22.3 Å². The number of hydrogen-bond donors (Lipinski definition) is 2. The topological polar surface area (TPSA) is 114 Å². The van der Waals surface area contributed by atoms with Crippen molar-refractivity contribution in [3.05, 3.63) is 42.1 Å². The second kappa shape index (κ2) is 10.6. The summed E-state index contributed by atoms with van der Waals surface area (Å²) in [4.78, 5) is 22.2. The fraction of sp³-hybridized carbons (Fsp3) is 0.522. The second-order valence-corrected chi connectivity index (χ2v) is 11.5. The Morgan fingerprint density at radius 1 is 1.21 bits per heavy atom. The molecule has 1 fully saturated rings. The number of halogens is 1. The minimum atomic E-state index is -3.48. The van der Waals surface area contributed by atoms with Gasteiger partial charge in [-0.1, -0.05) is 0 Å². The average Bonchev–Trinajstić information content (AvgIpc) is 2.74. The molecule has 0 atom stereocenters. The van der Waals surface area contributed by atoms with Crippen molar-refractivity contribution in [2.24, 2.45) is 5.92 Å². The molecule has 0 saturated carbocycles. The van der Waals surface area contributed by atoms with E-state index >= 15 is 0 Å². The summed E-state index contributed by atoms with van der Waals surface area (Å²) in [6, 6.07) is 5.41. The Balaban J connectivity index is 1.47. The Labute approximate surface area is 200 Å². The standard InChI is InChI=1S/C23H32FN5O4S/c1-23(2,3)33-22(30)29-9-7-16(8-10-29)13-25-14-17-11-21(27-15-26-17)28-20-6-5-18(12-19(20)24)34(4,31)32/h5-6,11-12,15-16,25H,7-10,13-14H2,1-4H3,(H,26,27,28). The van der Waals surface area contributed by atoms with E-state index < -0.39 is 21.3 Å². The zero-order chi connectivity index (χ0) is 24.9. The van der Waals surface area contributed by atoms with E-state index in [1.165, 1.54) is 18.5 Å². The molecule has 2 heterocycles. The number of hydrogen-bond acceptors (Lipinski definition) is 8. The summed E-state index contributed by atoms with van der Waals surface area (Å²) in [6.45, 7) is 8.23. The Bertz CT molecular complexity index is 1110. The minimum absolute atomic E-state index is 0.0833. The van der Waals surface area contributed by atoms with Crippen molar-refractivity contribution in [3.8, 4) is 0 Å². The first kappa shape index (κ1) is 25.8. The van der Waals surface area contributed by atoms with E-state index in [0.717, 1.165) is 37.4 Å². The number of nitrogens with one attached hydrogen (secondary N) is 2. The van der Waals surface area contributed by atoms with Gasteiger partial charge < -0.3 is 20.3 Å². The van der Waals surface area contributed by atoms with Gasteiger partial charge in [-0.25, -0.2) is 27.6 Å². The molecular formula is C23H32FN5O4S. The highest BCUT2D eigenvalue weighted by molar-refractivity contribution is 7.90. The second-order valence-electron chi connectivity index (χ2n) is 9.48. The first-order valence-corrected chi connectivity index (χ1v) is 13.1. The summed E-state index contributed by atoms with van der Waals surface area (Å²) in [6.07, 6.45) is 3.95. The van der Waals surface area contributed by atoms with Gasteiger partial charge in [0.1, 0.15) is 23.6 Å². The van der Waals surface area contributed by atoms with E-state index in [2.05, 4.69) is 20.6 Å². The number of ether oxygens (including phenoxy) is 1. The van der Waals surface area contributed by atoms with E-state index in [1.54, 1.807) is 11.0 Å². The largest absolute Gasteiger partial charge is 0.444 e. The first-order chi connectivity index (χ1) is 15.9. The van der Waals surface area contributed by atoms with Gasteiger partial charge in [-0.3, -0.25) is 0 Å². The van der Waals surface area contributed by atoms with Gasteiger partial charge in [0.2, 0.25) is 0 Å². The van der Waals surface area contributed by atoms with Crippen molar-refractivity contribution >= 4 is 27.4 Å². The van der Waals surface area contributed by atoms with Gasteiger partial charge in [-0.05, 0) is 64.3 Å². The summed E-state index contributed by atoms with van der Waals surface area (Å²) in [7, 11) is -3.48. The lowest BCUT2D eigenvalue weighted by molar-refractivity contribution is 0.0184. The molecule has 3 rings (SSSR count). The molecule has 1 amide bonds. The molecule has 1 saturated heterocycles. The molecule has 1 aliphatic heterocycles. The van der Waals surface area contributed by atoms with Crippen molar-refractivity contribution in [1.82, 2.24) is 20.2 Å². The van der Waals surface area contributed by atoms with Crippen LogP contribution >= 0.6 is 0 Å². The van der Waals surface area contributed by atoms with Crippen molar-refractivity contribution in [2.75, 3.05) is 31.2 Å². The Morgan fingerprint density at radius 2 is 1.91 bits per heavy atom. The zero-order valence-electron chi connectivity index (χ0n) is 20.0. The zero-order valence-corrected chi connectivity index (χ0v) is 20.8. The SMILES string of the molecule is CC(C)(C)OC(=O)N1CCC(CNCc2cc(Nc3ccc(S(C)(=O)=O)cc3F)ncn2)CC1. The van der Waals surface area contributed by atoms with Crippen LogP contribution in [0.1, 0.15) is 39.3 Å². The lowest BCUT2D eigenvalue weighted by atomic mass is 9.97. The third-order valence-corrected chi connectivity index (χ3v) is 6.47. The number of benzene rings is 1. The van der Waals surface area contributed by atoms with Gasteiger partial charge in [0.25, 0.3) is 0 Å². The number of anilines is 2. The van der Waals surface area contributed by atoms with Crippen LogP contribution in [0.25, 0.3) is 0 Å². The molecule has 1 aliphatic rings. The number of likely N-dealkylation sites (tertiary alicyclic amines) is 1. The highest BCUT2D eigenvalue weighted by atomic mass is 32.2. The number of sulfone groups is 1. The van der Waals surface area contributed by atoms with Crippen molar-refractivity contribution in [3.63, 3.8) is 0 Å². The minimum Gasteiger partial charge on any atom is -0.444 e. The molecule has 186 valence electrons.